The van der Waals surface area contributed by atoms with Gasteiger partial charge in [0.25, 0.3) is 5.91 Å². The SMILES string of the molecule is Nc1ncc2c(F)c(-c3c(F)ccc(NC(=O)c4cncc(Cl)c4)c3F)ccc2n1. The van der Waals surface area contributed by atoms with Crippen molar-refractivity contribution in [2.24, 2.45) is 0 Å². The Bertz CT molecular complexity index is 1320. The molecule has 6 nitrogen and oxygen atoms in total. The molecule has 150 valence electrons. The molecule has 2 heterocycles. The lowest BCUT2D eigenvalue weighted by Crippen LogP contribution is -2.14. The quantitative estimate of drug-likeness (QED) is 0.496. The second kappa shape index (κ2) is 7.60. The summed E-state index contributed by atoms with van der Waals surface area (Å²) in [7, 11) is 0. The van der Waals surface area contributed by atoms with Gasteiger partial charge >= 0.3 is 0 Å². The van der Waals surface area contributed by atoms with E-state index < -0.39 is 28.9 Å². The highest BCUT2D eigenvalue weighted by atomic mass is 35.5. The minimum atomic E-state index is -1.15. The molecule has 0 fully saturated rings. The maximum Gasteiger partial charge on any atom is 0.257 e. The second-order valence-electron chi connectivity index (χ2n) is 6.22. The molecular weight excluding hydrogens is 419 g/mol. The van der Waals surface area contributed by atoms with Crippen LogP contribution in [0.1, 0.15) is 10.4 Å². The van der Waals surface area contributed by atoms with Crippen molar-refractivity contribution < 1.29 is 18.0 Å². The summed E-state index contributed by atoms with van der Waals surface area (Å²) >= 11 is 5.80. The highest BCUT2D eigenvalue weighted by molar-refractivity contribution is 6.30. The second-order valence-corrected chi connectivity index (χ2v) is 6.65. The summed E-state index contributed by atoms with van der Waals surface area (Å²) < 4.78 is 44.6. The zero-order valence-electron chi connectivity index (χ0n) is 15.0. The lowest BCUT2D eigenvalue weighted by atomic mass is 10.0. The minimum absolute atomic E-state index is 0.0556. The minimum Gasteiger partial charge on any atom is -0.368 e. The van der Waals surface area contributed by atoms with E-state index in [4.69, 9.17) is 17.3 Å². The average Bonchev–Trinajstić information content (AvgIpc) is 2.71. The molecule has 2 aromatic carbocycles. The molecule has 2 aromatic heterocycles. The van der Waals surface area contributed by atoms with Crippen LogP contribution in [-0.4, -0.2) is 20.9 Å². The van der Waals surface area contributed by atoms with Gasteiger partial charge in [0.1, 0.15) is 11.6 Å². The van der Waals surface area contributed by atoms with Gasteiger partial charge in [-0.3, -0.25) is 9.78 Å². The molecule has 0 aliphatic rings. The van der Waals surface area contributed by atoms with E-state index in [2.05, 4.69) is 20.3 Å². The predicted octanol–water partition coefficient (Wildman–Crippen LogP) is 4.60. The standard InChI is InChI=1S/C20H11ClF3N5O/c21-10-5-9(6-26-7-10)19(30)28-15-4-2-13(22)16(18(15)24)11-1-3-14-12(17(11)23)8-27-20(25)29-14/h1-8H,(H,28,30)(H2,25,27,29). The van der Waals surface area contributed by atoms with Gasteiger partial charge < -0.3 is 11.1 Å². The first-order valence-electron chi connectivity index (χ1n) is 8.46. The van der Waals surface area contributed by atoms with Crippen molar-refractivity contribution in [2.75, 3.05) is 11.1 Å². The lowest BCUT2D eigenvalue weighted by Gasteiger charge is -2.13. The average molecular weight is 430 g/mol. The number of carbonyl (C=O) groups is 1. The molecule has 0 spiro atoms. The third-order valence-electron chi connectivity index (χ3n) is 4.29. The topological polar surface area (TPSA) is 93.8 Å². The molecular formula is C20H11ClF3N5O. The van der Waals surface area contributed by atoms with Crippen LogP contribution in [0.15, 0.2) is 48.9 Å². The third-order valence-corrected chi connectivity index (χ3v) is 4.50. The largest absolute Gasteiger partial charge is 0.368 e. The van der Waals surface area contributed by atoms with Crippen molar-refractivity contribution in [1.29, 1.82) is 0 Å². The van der Waals surface area contributed by atoms with E-state index in [-0.39, 0.29) is 38.7 Å². The fourth-order valence-corrected chi connectivity index (χ4v) is 3.08. The zero-order chi connectivity index (χ0) is 21.4. The van der Waals surface area contributed by atoms with Gasteiger partial charge in [-0.1, -0.05) is 11.6 Å². The zero-order valence-corrected chi connectivity index (χ0v) is 15.7. The van der Waals surface area contributed by atoms with E-state index in [1.807, 2.05) is 0 Å². The number of rotatable bonds is 3. The molecule has 0 aliphatic carbocycles. The van der Waals surface area contributed by atoms with Crippen LogP contribution in [0.5, 0.6) is 0 Å². The Labute approximate surface area is 172 Å². The number of hydrogen-bond donors (Lipinski definition) is 2. The molecule has 1 amide bonds. The number of amides is 1. The number of nitrogens with zero attached hydrogens (tertiary/aromatic N) is 3. The van der Waals surface area contributed by atoms with Gasteiger partial charge in [0, 0.05) is 24.2 Å². The number of fused-ring (bicyclic) bond motifs is 1. The van der Waals surface area contributed by atoms with Gasteiger partial charge in [-0.25, -0.2) is 23.1 Å². The fourth-order valence-electron chi connectivity index (χ4n) is 2.91. The summed E-state index contributed by atoms with van der Waals surface area (Å²) in [4.78, 5) is 23.7. The Morgan fingerprint density at radius 1 is 1.03 bits per heavy atom. The number of nitrogens with one attached hydrogen (secondary N) is 1. The Morgan fingerprint density at radius 2 is 1.83 bits per heavy atom. The summed E-state index contributed by atoms with van der Waals surface area (Å²) in [6.45, 7) is 0. The molecule has 4 rings (SSSR count). The number of anilines is 2. The van der Waals surface area contributed by atoms with Crippen LogP contribution in [0.4, 0.5) is 24.8 Å². The van der Waals surface area contributed by atoms with Gasteiger partial charge in [-0.15, -0.1) is 0 Å². The highest BCUT2D eigenvalue weighted by Crippen LogP contribution is 2.35. The van der Waals surface area contributed by atoms with E-state index >= 15 is 4.39 Å². The van der Waals surface area contributed by atoms with Crippen molar-refractivity contribution in [3.63, 3.8) is 0 Å². The van der Waals surface area contributed by atoms with Gasteiger partial charge in [-0.2, -0.15) is 0 Å². The maximum absolute atomic E-state index is 15.1. The summed E-state index contributed by atoms with van der Waals surface area (Å²) in [5.41, 5.74) is 4.39. The molecule has 30 heavy (non-hydrogen) atoms. The van der Waals surface area contributed by atoms with E-state index in [9.17, 15) is 13.6 Å². The molecule has 3 N–H and O–H groups in total. The number of hydrogen-bond acceptors (Lipinski definition) is 5. The summed E-state index contributed by atoms with van der Waals surface area (Å²) in [6, 6.07) is 5.84. The van der Waals surface area contributed by atoms with E-state index in [1.54, 1.807) is 0 Å². The number of carbonyl (C=O) groups excluding carboxylic acids is 1. The van der Waals surface area contributed by atoms with Gasteiger partial charge in [0.2, 0.25) is 5.95 Å². The Kier molecular flexibility index (Phi) is 4.96. The van der Waals surface area contributed by atoms with Gasteiger partial charge in [0.05, 0.1) is 32.7 Å². The molecule has 0 atom stereocenters. The van der Waals surface area contributed by atoms with Crippen LogP contribution in [0.2, 0.25) is 5.02 Å². The normalized spacial score (nSPS) is 10.9. The van der Waals surface area contributed by atoms with Crippen molar-refractivity contribution in [3.05, 3.63) is 77.0 Å². The van der Waals surface area contributed by atoms with Crippen molar-refractivity contribution in [3.8, 4) is 11.1 Å². The first-order chi connectivity index (χ1) is 14.3. The number of pyridine rings is 1. The maximum atomic E-state index is 15.1. The van der Waals surface area contributed by atoms with Crippen molar-refractivity contribution in [2.45, 2.75) is 0 Å². The van der Waals surface area contributed by atoms with Gasteiger partial charge in [0.15, 0.2) is 5.82 Å². The number of nitrogen functional groups attached to an aromatic ring is 1. The predicted molar refractivity (Wildman–Crippen MR) is 106 cm³/mol. The van der Waals surface area contributed by atoms with Crippen LogP contribution in [0.3, 0.4) is 0 Å². The first-order valence-corrected chi connectivity index (χ1v) is 8.84. The van der Waals surface area contributed by atoms with Crippen LogP contribution in [0.25, 0.3) is 22.0 Å². The smallest absolute Gasteiger partial charge is 0.257 e. The lowest BCUT2D eigenvalue weighted by molar-refractivity contribution is 0.102. The molecule has 4 aromatic rings. The summed E-state index contributed by atoms with van der Waals surface area (Å²) in [6.07, 6.45) is 3.69. The first kappa shape index (κ1) is 19.6. The number of benzene rings is 2. The van der Waals surface area contributed by atoms with E-state index in [0.29, 0.717) is 0 Å². The molecule has 0 aliphatic heterocycles. The van der Waals surface area contributed by atoms with E-state index in [0.717, 1.165) is 18.3 Å². The van der Waals surface area contributed by atoms with Gasteiger partial charge in [-0.05, 0) is 30.3 Å². The van der Waals surface area contributed by atoms with Crippen LogP contribution in [0, 0.1) is 17.5 Å². The van der Waals surface area contributed by atoms with Crippen LogP contribution < -0.4 is 11.1 Å². The molecule has 0 unspecified atom stereocenters. The van der Waals surface area contributed by atoms with Crippen molar-refractivity contribution in [1.82, 2.24) is 15.0 Å². The molecule has 0 saturated heterocycles. The Morgan fingerprint density at radius 3 is 2.60 bits per heavy atom. The number of nitrogens with two attached hydrogens (primary N) is 1. The van der Waals surface area contributed by atoms with E-state index in [1.165, 1.54) is 30.6 Å². The Balaban J connectivity index is 1.79. The molecule has 0 saturated carbocycles. The van der Waals surface area contributed by atoms with Crippen molar-refractivity contribution >= 4 is 40.0 Å². The number of aromatic nitrogens is 3. The monoisotopic (exact) mass is 429 g/mol. The Hall–Kier alpha value is -3.72. The molecule has 10 heteroatoms. The van der Waals surface area contributed by atoms with Crippen LogP contribution >= 0.6 is 11.6 Å². The third kappa shape index (κ3) is 3.50. The summed E-state index contributed by atoms with van der Waals surface area (Å²) in [5.74, 6) is -3.86. The summed E-state index contributed by atoms with van der Waals surface area (Å²) in [5, 5.41) is 2.47. The van der Waals surface area contributed by atoms with Crippen LogP contribution in [-0.2, 0) is 0 Å². The molecule has 0 radical (unpaired) electrons. The molecule has 0 bridgehead atoms. The highest BCUT2D eigenvalue weighted by Gasteiger charge is 2.22. The fraction of sp³-hybridized carbons (Fsp3) is 0. The number of halogens is 4.